The summed E-state index contributed by atoms with van der Waals surface area (Å²) in [5.74, 6) is -0.0861. The maximum atomic E-state index is 12.9. The van der Waals surface area contributed by atoms with Crippen LogP contribution in [0.25, 0.3) is 6.08 Å². The molecule has 0 heterocycles. The highest BCUT2D eigenvalue weighted by molar-refractivity contribution is 5.96. The lowest BCUT2D eigenvalue weighted by molar-refractivity contribution is -0.143. The lowest BCUT2D eigenvalue weighted by atomic mass is 10.2. The number of hydrogen-bond acceptors (Lipinski definition) is 7. The molecule has 2 aromatic rings. The van der Waals surface area contributed by atoms with Gasteiger partial charge in [0.15, 0.2) is 18.1 Å². The van der Waals surface area contributed by atoms with Crippen LogP contribution >= 0.6 is 0 Å². The molecule has 0 saturated heterocycles. The van der Waals surface area contributed by atoms with Gasteiger partial charge in [-0.25, -0.2) is 14.0 Å². The number of carbonyl (C=O) groups is 3. The standard InChI is InChI=1S/C26H31FN2O7/c1-4-33-23-15-19(5-11-22(23)35-14-13-34-21-9-7-20(27)8-10-21)6-12-25(31)36-17-24(30)29-26(32)28-16-18(2)3/h5-12,15,18H,4,13-14,16-17H2,1-3H3,(H2,28,29,30,32). The fourth-order valence-electron chi connectivity index (χ4n) is 2.71. The molecular weight excluding hydrogens is 471 g/mol. The Labute approximate surface area is 209 Å². The van der Waals surface area contributed by atoms with Gasteiger partial charge in [0.25, 0.3) is 5.91 Å². The van der Waals surface area contributed by atoms with E-state index in [1.807, 2.05) is 20.8 Å². The van der Waals surface area contributed by atoms with Crippen LogP contribution in [-0.4, -0.2) is 50.9 Å². The zero-order valence-corrected chi connectivity index (χ0v) is 20.5. The third-order valence-electron chi connectivity index (χ3n) is 4.37. The summed E-state index contributed by atoms with van der Waals surface area (Å²) in [6.45, 7) is 6.37. The van der Waals surface area contributed by atoms with Gasteiger partial charge in [-0.2, -0.15) is 0 Å². The van der Waals surface area contributed by atoms with Crippen LogP contribution in [0.2, 0.25) is 0 Å². The van der Waals surface area contributed by atoms with Crippen molar-refractivity contribution in [2.75, 3.05) is 33.0 Å². The molecule has 10 heteroatoms. The van der Waals surface area contributed by atoms with Crippen LogP contribution in [0.1, 0.15) is 26.3 Å². The number of ether oxygens (including phenoxy) is 4. The molecule has 3 amide bonds. The van der Waals surface area contributed by atoms with Crippen LogP contribution in [0.15, 0.2) is 48.5 Å². The topological polar surface area (TPSA) is 112 Å². The van der Waals surface area contributed by atoms with Crippen molar-refractivity contribution in [3.63, 3.8) is 0 Å². The molecule has 2 rings (SSSR count). The summed E-state index contributed by atoms with van der Waals surface area (Å²) in [4.78, 5) is 35.2. The Morgan fingerprint density at radius 2 is 1.69 bits per heavy atom. The van der Waals surface area contributed by atoms with E-state index < -0.39 is 24.5 Å². The second-order valence-electron chi connectivity index (χ2n) is 7.88. The normalized spacial score (nSPS) is 10.7. The molecule has 0 spiro atoms. The van der Waals surface area contributed by atoms with E-state index in [4.69, 9.17) is 18.9 Å². The van der Waals surface area contributed by atoms with E-state index in [9.17, 15) is 18.8 Å². The first-order valence-corrected chi connectivity index (χ1v) is 11.5. The third-order valence-corrected chi connectivity index (χ3v) is 4.37. The lowest BCUT2D eigenvalue weighted by Crippen LogP contribution is -2.42. The van der Waals surface area contributed by atoms with Crippen molar-refractivity contribution in [1.29, 1.82) is 0 Å². The molecule has 2 aromatic carbocycles. The monoisotopic (exact) mass is 502 g/mol. The van der Waals surface area contributed by atoms with Crippen LogP contribution in [0.4, 0.5) is 9.18 Å². The fourth-order valence-corrected chi connectivity index (χ4v) is 2.71. The predicted octanol–water partition coefficient (Wildman–Crippen LogP) is 3.72. The summed E-state index contributed by atoms with van der Waals surface area (Å²) < 4.78 is 34.6. The van der Waals surface area contributed by atoms with Crippen molar-refractivity contribution >= 4 is 24.0 Å². The van der Waals surface area contributed by atoms with Gasteiger partial charge in [-0.1, -0.05) is 19.9 Å². The minimum absolute atomic E-state index is 0.233. The van der Waals surface area contributed by atoms with Crippen molar-refractivity contribution in [1.82, 2.24) is 10.6 Å². The van der Waals surface area contributed by atoms with E-state index in [1.165, 1.54) is 30.3 Å². The van der Waals surface area contributed by atoms with Crippen molar-refractivity contribution in [3.05, 3.63) is 59.9 Å². The molecule has 0 fully saturated rings. The molecule has 0 aliphatic heterocycles. The van der Waals surface area contributed by atoms with Crippen molar-refractivity contribution < 1.29 is 37.7 Å². The van der Waals surface area contributed by atoms with E-state index in [2.05, 4.69) is 10.6 Å². The van der Waals surface area contributed by atoms with Crippen LogP contribution < -0.4 is 24.8 Å². The number of rotatable bonds is 13. The highest BCUT2D eigenvalue weighted by Gasteiger charge is 2.10. The Morgan fingerprint density at radius 1 is 0.972 bits per heavy atom. The van der Waals surface area contributed by atoms with Gasteiger partial charge in [-0.3, -0.25) is 10.1 Å². The maximum absolute atomic E-state index is 12.9. The first-order valence-electron chi connectivity index (χ1n) is 11.5. The number of carbonyl (C=O) groups excluding carboxylic acids is 3. The van der Waals surface area contributed by atoms with Crippen LogP contribution in [0.3, 0.4) is 0 Å². The minimum Gasteiger partial charge on any atom is -0.490 e. The molecule has 0 saturated carbocycles. The van der Waals surface area contributed by atoms with E-state index >= 15 is 0 Å². The van der Waals surface area contributed by atoms with Crippen molar-refractivity contribution in [2.24, 2.45) is 5.92 Å². The van der Waals surface area contributed by atoms with Gasteiger partial charge in [0.2, 0.25) is 0 Å². The van der Waals surface area contributed by atoms with E-state index in [0.717, 1.165) is 6.08 Å². The Balaban J connectivity index is 1.82. The summed E-state index contributed by atoms with van der Waals surface area (Å²) in [7, 11) is 0. The fraction of sp³-hybridized carbons (Fsp3) is 0.346. The molecular formula is C26H31FN2O7. The molecule has 9 nitrogen and oxygen atoms in total. The van der Waals surface area contributed by atoms with Crippen LogP contribution in [0, 0.1) is 11.7 Å². The average molecular weight is 503 g/mol. The number of halogens is 1. The smallest absolute Gasteiger partial charge is 0.331 e. The second-order valence-corrected chi connectivity index (χ2v) is 7.88. The molecule has 0 radical (unpaired) electrons. The Morgan fingerprint density at radius 3 is 2.39 bits per heavy atom. The third kappa shape index (κ3) is 10.9. The quantitative estimate of drug-likeness (QED) is 0.244. The molecule has 0 aliphatic carbocycles. The number of hydrogen-bond donors (Lipinski definition) is 2. The first kappa shape index (κ1) is 28.2. The average Bonchev–Trinajstić information content (AvgIpc) is 2.85. The SMILES string of the molecule is CCOc1cc(C=CC(=O)OCC(=O)NC(=O)NCC(C)C)ccc1OCCOc1ccc(F)cc1. The maximum Gasteiger partial charge on any atom is 0.331 e. The number of urea groups is 1. The number of esters is 1. The van der Waals surface area contributed by atoms with Crippen LogP contribution in [-0.2, 0) is 14.3 Å². The second kappa shape index (κ2) is 15.0. The largest absolute Gasteiger partial charge is 0.490 e. The van der Waals surface area contributed by atoms with Gasteiger partial charge in [-0.15, -0.1) is 0 Å². The molecule has 194 valence electrons. The Hall–Kier alpha value is -4.08. The Bertz CT molecular complexity index is 1040. The van der Waals surface area contributed by atoms with Gasteiger partial charge in [0, 0.05) is 12.6 Å². The van der Waals surface area contributed by atoms with E-state index in [0.29, 0.717) is 36.0 Å². The number of nitrogens with one attached hydrogen (secondary N) is 2. The van der Waals surface area contributed by atoms with Crippen molar-refractivity contribution in [2.45, 2.75) is 20.8 Å². The summed E-state index contributed by atoms with van der Waals surface area (Å²) in [6.07, 6.45) is 2.66. The summed E-state index contributed by atoms with van der Waals surface area (Å²) in [5.41, 5.74) is 0.642. The van der Waals surface area contributed by atoms with Gasteiger partial charge in [0.1, 0.15) is 24.8 Å². The summed E-state index contributed by atoms with van der Waals surface area (Å²) in [6, 6.07) is 10.1. The Kier molecular flexibility index (Phi) is 11.8. The first-order chi connectivity index (χ1) is 17.3. The number of benzene rings is 2. The van der Waals surface area contributed by atoms with Crippen molar-refractivity contribution in [3.8, 4) is 17.2 Å². The van der Waals surface area contributed by atoms with E-state index in [1.54, 1.807) is 18.2 Å². The lowest BCUT2D eigenvalue weighted by Gasteiger charge is -2.13. The van der Waals surface area contributed by atoms with E-state index in [-0.39, 0.29) is 24.9 Å². The molecule has 2 N–H and O–H groups in total. The highest BCUT2D eigenvalue weighted by atomic mass is 19.1. The van der Waals surface area contributed by atoms with Gasteiger partial charge >= 0.3 is 12.0 Å². The van der Waals surface area contributed by atoms with Crippen LogP contribution in [0.5, 0.6) is 17.2 Å². The summed E-state index contributed by atoms with van der Waals surface area (Å²) >= 11 is 0. The molecule has 0 atom stereocenters. The molecule has 36 heavy (non-hydrogen) atoms. The minimum atomic E-state index is -0.746. The zero-order valence-electron chi connectivity index (χ0n) is 20.5. The number of imide groups is 1. The van der Waals surface area contributed by atoms with Gasteiger partial charge in [-0.05, 0) is 60.9 Å². The molecule has 0 bridgehead atoms. The predicted molar refractivity (Wildman–Crippen MR) is 131 cm³/mol. The number of amides is 3. The van der Waals surface area contributed by atoms with Gasteiger partial charge in [0.05, 0.1) is 6.61 Å². The summed E-state index contributed by atoms with van der Waals surface area (Å²) in [5, 5.41) is 4.61. The molecule has 0 aromatic heterocycles. The van der Waals surface area contributed by atoms with Gasteiger partial charge < -0.3 is 24.3 Å². The zero-order chi connectivity index (χ0) is 26.3. The molecule has 0 unspecified atom stereocenters. The highest BCUT2D eigenvalue weighted by Crippen LogP contribution is 2.29. The molecule has 0 aliphatic rings.